The molecule has 0 aliphatic carbocycles. The molecular formula is C32H64O2. The fraction of sp³-hybridized carbons (Fsp3) is 0.969. The van der Waals surface area contributed by atoms with Crippen LogP contribution in [0, 0.1) is 11.8 Å². The summed E-state index contributed by atoms with van der Waals surface area (Å²) in [4.78, 5) is 11.8. The van der Waals surface area contributed by atoms with Crippen molar-refractivity contribution in [1.29, 1.82) is 0 Å². The van der Waals surface area contributed by atoms with Gasteiger partial charge in [0.25, 0.3) is 0 Å². The van der Waals surface area contributed by atoms with Crippen LogP contribution in [-0.4, -0.2) is 11.1 Å². The minimum Gasteiger partial charge on any atom is -0.481 e. The van der Waals surface area contributed by atoms with Crippen LogP contribution in [0.2, 0.25) is 0 Å². The number of rotatable bonds is 28. The molecule has 0 saturated carbocycles. The average Bonchev–Trinajstić information content (AvgIpc) is 2.82. The monoisotopic (exact) mass is 480 g/mol. The van der Waals surface area contributed by atoms with Gasteiger partial charge in [-0.25, -0.2) is 0 Å². The largest absolute Gasteiger partial charge is 0.481 e. The molecule has 0 aliphatic rings. The Morgan fingerprint density at radius 1 is 0.471 bits per heavy atom. The molecule has 0 fully saturated rings. The van der Waals surface area contributed by atoms with Gasteiger partial charge in [-0.2, -0.15) is 0 Å². The number of unbranched alkanes of at least 4 members (excludes halogenated alkanes) is 22. The summed E-state index contributed by atoms with van der Waals surface area (Å²) in [6, 6.07) is 0. The first-order valence-corrected chi connectivity index (χ1v) is 15.9. The van der Waals surface area contributed by atoms with Crippen LogP contribution < -0.4 is 0 Å². The van der Waals surface area contributed by atoms with Gasteiger partial charge in [0.2, 0.25) is 0 Å². The van der Waals surface area contributed by atoms with Gasteiger partial charge >= 0.3 is 5.97 Å². The van der Waals surface area contributed by atoms with Crippen molar-refractivity contribution in [3.8, 4) is 0 Å². The molecule has 34 heavy (non-hydrogen) atoms. The Morgan fingerprint density at radius 3 is 1.03 bits per heavy atom. The Bertz CT molecular complexity index is 406. The predicted octanol–water partition coefficient (Wildman–Crippen LogP) is 11.5. The average molecular weight is 481 g/mol. The summed E-state index contributed by atoms with van der Waals surface area (Å²) in [5, 5.41) is 9.71. The third kappa shape index (κ3) is 23.2. The minimum atomic E-state index is -0.561. The summed E-state index contributed by atoms with van der Waals surface area (Å²) >= 11 is 0. The standard InChI is InChI=1S/C32H64O2/c1-4-6-8-10-12-14-16-18-20-22-24-26-28-30(3)31(32(33)34)29-27-25-23-21-19-17-15-13-11-9-7-5-2/h30-31H,4-29H2,1-3H3,(H,33,34). The van der Waals surface area contributed by atoms with Crippen molar-refractivity contribution >= 4 is 5.97 Å². The number of carboxylic acids is 1. The van der Waals surface area contributed by atoms with Gasteiger partial charge in [0.15, 0.2) is 0 Å². The highest BCUT2D eigenvalue weighted by Gasteiger charge is 2.23. The van der Waals surface area contributed by atoms with Crippen LogP contribution in [0.15, 0.2) is 0 Å². The molecule has 0 saturated heterocycles. The molecule has 204 valence electrons. The van der Waals surface area contributed by atoms with Gasteiger partial charge in [-0.05, 0) is 18.8 Å². The second-order valence-corrected chi connectivity index (χ2v) is 11.3. The second kappa shape index (κ2) is 27.1. The van der Waals surface area contributed by atoms with Crippen LogP contribution in [0.1, 0.15) is 188 Å². The Morgan fingerprint density at radius 2 is 0.735 bits per heavy atom. The van der Waals surface area contributed by atoms with E-state index < -0.39 is 5.97 Å². The zero-order valence-corrected chi connectivity index (χ0v) is 23.9. The fourth-order valence-corrected chi connectivity index (χ4v) is 5.37. The summed E-state index contributed by atoms with van der Waals surface area (Å²) < 4.78 is 0. The van der Waals surface area contributed by atoms with Crippen molar-refractivity contribution in [2.45, 2.75) is 188 Å². The van der Waals surface area contributed by atoms with E-state index in [4.69, 9.17) is 0 Å². The molecule has 0 aromatic carbocycles. The topological polar surface area (TPSA) is 37.3 Å². The van der Waals surface area contributed by atoms with Crippen LogP contribution in [0.5, 0.6) is 0 Å². The van der Waals surface area contributed by atoms with E-state index in [1.54, 1.807) is 0 Å². The van der Waals surface area contributed by atoms with Crippen LogP contribution in [0.25, 0.3) is 0 Å². The maximum absolute atomic E-state index is 11.8. The highest BCUT2D eigenvalue weighted by atomic mass is 16.4. The Hall–Kier alpha value is -0.530. The van der Waals surface area contributed by atoms with E-state index in [2.05, 4.69) is 20.8 Å². The summed E-state index contributed by atoms with van der Waals surface area (Å²) in [5.74, 6) is -0.362. The van der Waals surface area contributed by atoms with Crippen LogP contribution >= 0.6 is 0 Å². The van der Waals surface area contributed by atoms with Gasteiger partial charge in [-0.15, -0.1) is 0 Å². The fourth-order valence-electron chi connectivity index (χ4n) is 5.37. The molecule has 0 spiro atoms. The predicted molar refractivity (Wildman–Crippen MR) is 152 cm³/mol. The third-order valence-electron chi connectivity index (χ3n) is 7.89. The van der Waals surface area contributed by atoms with E-state index in [-0.39, 0.29) is 5.92 Å². The smallest absolute Gasteiger partial charge is 0.306 e. The van der Waals surface area contributed by atoms with Gasteiger partial charge in [-0.1, -0.05) is 175 Å². The molecule has 0 aliphatic heterocycles. The van der Waals surface area contributed by atoms with Crippen molar-refractivity contribution in [3.63, 3.8) is 0 Å². The van der Waals surface area contributed by atoms with Crippen LogP contribution in [0.4, 0.5) is 0 Å². The molecule has 2 unspecified atom stereocenters. The SMILES string of the molecule is CCCCCCCCCCCCCCC(C)C(CCCCCCCCCCCCCC)C(=O)O. The van der Waals surface area contributed by atoms with Crippen LogP contribution in [0.3, 0.4) is 0 Å². The van der Waals surface area contributed by atoms with E-state index in [0.717, 1.165) is 19.3 Å². The number of carboxylic acid groups (broad SMARTS) is 1. The van der Waals surface area contributed by atoms with Crippen molar-refractivity contribution in [2.75, 3.05) is 0 Å². The highest BCUT2D eigenvalue weighted by Crippen LogP contribution is 2.25. The maximum atomic E-state index is 11.8. The first-order valence-electron chi connectivity index (χ1n) is 15.9. The third-order valence-corrected chi connectivity index (χ3v) is 7.89. The molecule has 2 heteroatoms. The second-order valence-electron chi connectivity index (χ2n) is 11.3. The number of aliphatic carboxylic acids is 1. The number of hydrogen-bond acceptors (Lipinski definition) is 1. The van der Waals surface area contributed by atoms with Crippen molar-refractivity contribution < 1.29 is 9.90 Å². The van der Waals surface area contributed by atoms with Gasteiger partial charge < -0.3 is 5.11 Å². The van der Waals surface area contributed by atoms with Crippen LogP contribution in [-0.2, 0) is 4.79 Å². The van der Waals surface area contributed by atoms with E-state index in [1.165, 1.54) is 148 Å². The Kier molecular flexibility index (Phi) is 26.6. The van der Waals surface area contributed by atoms with E-state index in [0.29, 0.717) is 5.92 Å². The summed E-state index contributed by atoms with van der Waals surface area (Å²) in [7, 11) is 0. The molecule has 0 heterocycles. The molecule has 0 aromatic heterocycles. The van der Waals surface area contributed by atoms with Crippen molar-refractivity contribution in [1.82, 2.24) is 0 Å². The summed E-state index contributed by atoms with van der Waals surface area (Å²) in [6.07, 6.45) is 34.5. The molecule has 0 bridgehead atoms. The highest BCUT2D eigenvalue weighted by molar-refractivity contribution is 5.70. The quantitative estimate of drug-likeness (QED) is 0.113. The lowest BCUT2D eigenvalue weighted by Gasteiger charge is -2.20. The van der Waals surface area contributed by atoms with Crippen molar-refractivity contribution in [2.24, 2.45) is 11.8 Å². The van der Waals surface area contributed by atoms with E-state index in [9.17, 15) is 9.90 Å². The molecule has 0 rings (SSSR count). The first kappa shape index (κ1) is 33.5. The minimum absolute atomic E-state index is 0.129. The lowest BCUT2D eigenvalue weighted by atomic mass is 9.85. The van der Waals surface area contributed by atoms with Gasteiger partial charge in [-0.3, -0.25) is 4.79 Å². The Balaban J connectivity index is 3.58. The van der Waals surface area contributed by atoms with Gasteiger partial charge in [0.05, 0.1) is 5.92 Å². The zero-order valence-electron chi connectivity index (χ0n) is 23.9. The van der Waals surface area contributed by atoms with E-state index >= 15 is 0 Å². The molecule has 2 atom stereocenters. The molecule has 0 aromatic rings. The summed E-state index contributed by atoms with van der Waals surface area (Å²) in [6.45, 7) is 6.74. The summed E-state index contributed by atoms with van der Waals surface area (Å²) in [5.41, 5.74) is 0. The molecule has 0 radical (unpaired) electrons. The Labute approximate surface area is 215 Å². The van der Waals surface area contributed by atoms with Crippen molar-refractivity contribution in [3.05, 3.63) is 0 Å². The molecular weight excluding hydrogens is 416 g/mol. The lowest BCUT2D eigenvalue weighted by molar-refractivity contribution is -0.143. The molecule has 1 N–H and O–H groups in total. The molecule has 2 nitrogen and oxygen atoms in total. The maximum Gasteiger partial charge on any atom is 0.306 e. The number of carbonyl (C=O) groups is 1. The lowest BCUT2D eigenvalue weighted by Crippen LogP contribution is -2.21. The normalized spacial score (nSPS) is 13.3. The van der Waals surface area contributed by atoms with Gasteiger partial charge in [0, 0.05) is 0 Å². The van der Waals surface area contributed by atoms with E-state index in [1.807, 2.05) is 0 Å². The number of hydrogen-bond donors (Lipinski definition) is 1. The zero-order chi connectivity index (χ0) is 25.1. The molecule has 0 amide bonds. The first-order chi connectivity index (χ1) is 16.6. The van der Waals surface area contributed by atoms with Gasteiger partial charge in [0.1, 0.15) is 0 Å².